The first-order chi connectivity index (χ1) is 12.8. The zero-order valence-electron chi connectivity index (χ0n) is 13.7. The molecule has 5 rings (SSSR count). The number of ether oxygens (including phenoxy) is 1. The Hall–Kier alpha value is -2.76. The molecule has 0 saturated carbocycles. The maximum Gasteiger partial charge on any atom is 0.127 e. The van der Waals surface area contributed by atoms with Crippen LogP contribution in [0.2, 0.25) is 0 Å². The number of fused-ring (bicyclic) bond motifs is 2. The maximum absolute atomic E-state index is 5.37. The third kappa shape index (κ3) is 2.57. The van der Waals surface area contributed by atoms with Gasteiger partial charge in [-0.05, 0) is 53.1 Å². The average Bonchev–Trinajstić information content (AvgIpc) is 3.35. The molecular formula is C21H13N2OS2. The van der Waals surface area contributed by atoms with Gasteiger partial charge in [0.15, 0.2) is 0 Å². The van der Waals surface area contributed by atoms with Gasteiger partial charge in [0.2, 0.25) is 0 Å². The number of aromatic nitrogens is 2. The van der Waals surface area contributed by atoms with Crippen molar-refractivity contribution in [2.75, 3.05) is 0 Å². The highest BCUT2D eigenvalue weighted by Gasteiger charge is 2.11. The van der Waals surface area contributed by atoms with E-state index in [9.17, 15) is 0 Å². The van der Waals surface area contributed by atoms with Crippen molar-refractivity contribution in [1.29, 1.82) is 0 Å². The summed E-state index contributed by atoms with van der Waals surface area (Å²) in [5.41, 5.74) is 10.2. The minimum Gasteiger partial charge on any atom is -0.489 e. The zero-order chi connectivity index (χ0) is 17.5. The Labute approximate surface area is 158 Å². The van der Waals surface area contributed by atoms with Crippen molar-refractivity contribution in [2.24, 2.45) is 0 Å². The summed E-state index contributed by atoms with van der Waals surface area (Å²) < 4.78 is 7.72. The lowest BCUT2D eigenvalue weighted by molar-refractivity contribution is 0.475. The molecule has 125 valence electrons. The molecule has 0 aliphatic carbocycles. The fraction of sp³-hybridized carbons (Fsp3) is 0. The van der Waals surface area contributed by atoms with Crippen LogP contribution in [0.1, 0.15) is 0 Å². The molecule has 0 aliphatic rings. The van der Waals surface area contributed by atoms with Gasteiger partial charge >= 0.3 is 0 Å². The minimum absolute atomic E-state index is 0.761. The smallest absolute Gasteiger partial charge is 0.127 e. The van der Waals surface area contributed by atoms with E-state index in [0.717, 1.165) is 43.7 Å². The second-order valence-corrected chi connectivity index (χ2v) is 7.70. The van der Waals surface area contributed by atoms with Crippen LogP contribution in [0.15, 0.2) is 65.6 Å². The number of benzene rings is 3. The lowest BCUT2D eigenvalue weighted by atomic mass is 9.98. The van der Waals surface area contributed by atoms with Crippen LogP contribution in [0.25, 0.3) is 42.7 Å². The van der Waals surface area contributed by atoms with Gasteiger partial charge in [-0.25, -0.2) is 9.97 Å². The third-order valence-electron chi connectivity index (χ3n) is 4.44. The van der Waals surface area contributed by atoms with Crippen molar-refractivity contribution in [3.8, 4) is 28.0 Å². The normalized spacial score (nSPS) is 11.3. The van der Waals surface area contributed by atoms with E-state index >= 15 is 0 Å². The molecule has 0 N–H and O–H groups in total. The first kappa shape index (κ1) is 15.5. The lowest BCUT2D eigenvalue weighted by Gasteiger charge is -2.11. The molecule has 0 atom stereocenters. The van der Waals surface area contributed by atoms with Gasteiger partial charge in [-0.15, -0.1) is 22.7 Å². The van der Waals surface area contributed by atoms with Crippen LogP contribution >= 0.6 is 22.7 Å². The largest absolute Gasteiger partial charge is 0.489 e. The number of hydrogen-bond acceptors (Lipinski definition) is 5. The highest BCUT2D eigenvalue weighted by atomic mass is 32.1. The van der Waals surface area contributed by atoms with E-state index in [4.69, 9.17) is 4.74 Å². The Kier molecular flexibility index (Phi) is 3.69. The summed E-state index contributed by atoms with van der Waals surface area (Å²) in [6.07, 6.45) is 0. The summed E-state index contributed by atoms with van der Waals surface area (Å²) in [6, 6.07) is 18.8. The quantitative estimate of drug-likeness (QED) is 0.366. The molecule has 3 aromatic carbocycles. The van der Waals surface area contributed by atoms with Crippen molar-refractivity contribution in [3.05, 3.63) is 72.7 Å². The SMILES string of the molecule is [CH2]Oc1ccc(-c2ccc3ncsc3c2)cc1-c1ccc2ncsc2c1. The molecule has 5 heteroatoms. The van der Waals surface area contributed by atoms with Crippen LogP contribution in [0, 0.1) is 7.11 Å². The summed E-state index contributed by atoms with van der Waals surface area (Å²) in [5.74, 6) is 0.761. The fourth-order valence-corrected chi connectivity index (χ4v) is 4.55. The number of hydrogen-bond donors (Lipinski definition) is 0. The first-order valence-corrected chi connectivity index (χ1v) is 9.81. The Bertz CT molecular complexity index is 1240. The Balaban J connectivity index is 1.67. The third-order valence-corrected chi connectivity index (χ3v) is 6.03. The Morgan fingerprint density at radius 3 is 1.96 bits per heavy atom. The Morgan fingerprint density at radius 2 is 1.27 bits per heavy atom. The average molecular weight is 373 g/mol. The molecule has 0 fully saturated rings. The van der Waals surface area contributed by atoms with Crippen LogP contribution in [-0.4, -0.2) is 9.97 Å². The molecule has 2 heterocycles. The predicted octanol–water partition coefficient (Wildman–Crippen LogP) is 6.41. The Morgan fingerprint density at radius 1 is 0.692 bits per heavy atom. The van der Waals surface area contributed by atoms with E-state index in [1.807, 2.05) is 23.2 Å². The summed E-state index contributed by atoms with van der Waals surface area (Å²) in [7, 11) is 3.61. The van der Waals surface area contributed by atoms with Gasteiger partial charge in [-0.3, -0.25) is 0 Å². The number of rotatable bonds is 3. The predicted molar refractivity (Wildman–Crippen MR) is 110 cm³/mol. The molecule has 1 radical (unpaired) electrons. The second-order valence-electron chi connectivity index (χ2n) is 5.93. The molecule has 0 saturated heterocycles. The van der Waals surface area contributed by atoms with Crippen molar-refractivity contribution >= 4 is 43.1 Å². The highest BCUT2D eigenvalue weighted by Crippen LogP contribution is 2.37. The fourth-order valence-electron chi connectivity index (χ4n) is 3.12. The van der Waals surface area contributed by atoms with Gasteiger partial charge in [0.25, 0.3) is 0 Å². The molecule has 0 unspecified atom stereocenters. The standard InChI is InChI=1S/C21H13N2OS2/c1-24-19-7-4-13(14-2-5-17-20(9-14)25-11-22-17)8-16(19)15-3-6-18-21(10-15)26-12-23-18/h2-12H,1H2. The molecule has 2 aromatic heterocycles. The van der Waals surface area contributed by atoms with E-state index in [2.05, 4.69) is 59.5 Å². The van der Waals surface area contributed by atoms with Crippen LogP contribution in [0.5, 0.6) is 5.75 Å². The molecule has 3 nitrogen and oxygen atoms in total. The van der Waals surface area contributed by atoms with E-state index in [-0.39, 0.29) is 0 Å². The molecule has 0 amide bonds. The van der Waals surface area contributed by atoms with Gasteiger partial charge in [0, 0.05) is 5.56 Å². The van der Waals surface area contributed by atoms with Gasteiger partial charge in [-0.1, -0.05) is 18.2 Å². The first-order valence-electron chi connectivity index (χ1n) is 8.05. The van der Waals surface area contributed by atoms with Gasteiger partial charge in [-0.2, -0.15) is 0 Å². The van der Waals surface area contributed by atoms with E-state index in [1.165, 1.54) is 4.70 Å². The molecule has 26 heavy (non-hydrogen) atoms. The number of thiazole rings is 2. The summed E-state index contributed by atoms with van der Waals surface area (Å²) >= 11 is 3.29. The second kappa shape index (κ2) is 6.20. The van der Waals surface area contributed by atoms with Crippen LogP contribution < -0.4 is 4.74 Å². The molecule has 0 aliphatic heterocycles. The summed E-state index contributed by atoms with van der Waals surface area (Å²) in [6.45, 7) is 0. The zero-order valence-corrected chi connectivity index (χ0v) is 15.3. The molecular weight excluding hydrogens is 360 g/mol. The van der Waals surface area contributed by atoms with E-state index in [1.54, 1.807) is 22.7 Å². The van der Waals surface area contributed by atoms with Crippen molar-refractivity contribution in [2.45, 2.75) is 0 Å². The van der Waals surface area contributed by atoms with Crippen molar-refractivity contribution in [1.82, 2.24) is 9.97 Å². The van der Waals surface area contributed by atoms with E-state index in [0.29, 0.717) is 0 Å². The summed E-state index contributed by atoms with van der Waals surface area (Å²) in [5, 5.41) is 0. The van der Waals surface area contributed by atoms with Crippen LogP contribution in [-0.2, 0) is 0 Å². The highest BCUT2D eigenvalue weighted by molar-refractivity contribution is 7.17. The number of nitrogens with zero attached hydrogens (tertiary/aromatic N) is 2. The van der Waals surface area contributed by atoms with Crippen LogP contribution in [0.4, 0.5) is 0 Å². The van der Waals surface area contributed by atoms with Gasteiger partial charge < -0.3 is 4.74 Å². The lowest BCUT2D eigenvalue weighted by Crippen LogP contribution is -1.88. The van der Waals surface area contributed by atoms with Gasteiger partial charge in [0.1, 0.15) is 12.9 Å². The molecule has 0 spiro atoms. The monoisotopic (exact) mass is 373 g/mol. The maximum atomic E-state index is 5.37. The van der Waals surface area contributed by atoms with Crippen LogP contribution in [0.3, 0.4) is 0 Å². The van der Waals surface area contributed by atoms with Crippen molar-refractivity contribution < 1.29 is 4.74 Å². The molecule has 5 aromatic rings. The summed E-state index contributed by atoms with van der Waals surface area (Å²) in [4.78, 5) is 8.71. The minimum atomic E-state index is 0.761. The molecule has 0 bridgehead atoms. The van der Waals surface area contributed by atoms with Gasteiger partial charge in [0.05, 0.1) is 31.5 Å². The van der Waals surface area contributed by atoms with Crippen molar-refractivity contribution in [3.63, 3.8) is 0 Å². The topological polar surface area (TPSA) is 35.0 Å². The van der Waals surface area contributed by atoms with E-state index < -0.39 is 0 Å².